The van der Waals surface area contributed by atoms with Gasteiger partial charge in [-0.1, -0.05) is 13.8 Å². The molecule has 0 radical (unpaired) electrons. The molecule has 0 aliphatic carbocycles. The van der Waals surface area contributed by atoms with E-state index in [2.05, 4.69) is 18.7 Å². The molecule has 0 aromatic heterocycles. The molecule has 1 heterocycles. The third-order valence-electron chi connectivity index (χ3n) is 3.27. The monoisotopic (exact) mass is 225 g/mol. The maximum Gasteiger partial charge on any atom is 0.216 e. The molecule has 3 nitrogen and oxygen atoms in total. The van der Waals surface area contributed by atoms with Gasteiger partial charge in [0.15, 0.2) is 5.76 Å². The van der Waals surface area contributed by atoms with Gasteiger partial charge in [-0.3, -0.25) is 9.69 Å². The SMILES string of the molecule is CCN(CC)C(C)(C)C(=O)C1=CCCCO1. The maximum atomic E-state index is 12.3. The number of nitrogens with zero attached hydrogens (tertiary/aromatic N) is 1. The van der Waals surface area contributed by atoms with Crippen molar-refractivity contribution < 1.29 is 9.53 Å². The first-order valence-corrected chi connectivity index (χ1v) is 6.16. The number of carbonyl (C=O) groups excluding carboxylic acids is 1. The van der Waals surface area contributed by atoms with Crippen LogP contribution in [0.1, 0.15) is 40.5 Å². The van der Waals surface area contributed by atoms with Crippen molar-refractivity contribution in [2.24, 2.45) is 0 Å². The average molecular weight is 225 g/mol. The quantitative estimate of drug-likeness (QED) is 0.719. The highest BCUT2D eigenvalue weighted by Gasteiger charge is 2.36. The molecule has 0 aromatic carbocycles. The molecule has 0 aromatic rings. The summed E-state index contributed by atoms with van der Waals surface area (Å²) in [6, 6.07) is 0. The molecule has 0 amide bonds. The van der Waals surface area contributed by atoms with Gasteiger partial charge in [-0.05, 0) is 45.9 Å². The van der Waals surface area contributed by atoms with Crippen molar-refractivity contribution in [3.05, 3.63) is 11.8 Å². The van der Waals surface area contributed by atoms with Gasteiger partial charge in [0.05, 0.1) is 12.1 Å². The lowest BCUT2D eigenvalue weighted by molar-refractivity contribution is -0.129. The Morgan fingerprint density at radius 3 is 2.50 bits per heavy atom. The molecule has 0 saturated carbocycles. The summed E-state index contributed by atoms with van der Waals surface area (Å²) < 4.78 is 5.45. The van der Waals surface area contributed by atoms with Gasteiger partial charge in [0.2, 0.25) is 5.78 Å². The number of hydrogen-bond acceptors (Lipinski definition) is 3. The third kappa shape index (κ3) is 2.64. The molecule has 1 rings (SSSR count). The number of allylic oxidation sites excluding steroid dienone is 1. The molecule has 16 heavy (non-hydrogen) atoms. The number of carbonyl (C=O) groups is 1. The summed E-state index contributed by atoms with van der Waals surface area (Å²) in [7, 11) is 0. The topological polar surface area (TPSA) is 29.5 Å². The highest BCUT2D eigenvalue weighted by atomic mass is 16.5. The minimum Gasteiger partial charge on any atom is -0.490 e. The molecular weight excluding hydrogens is 202 g/mol. The zero-order valence-electron chi connectivity index (χ0n) is 10.9. The predicted octanol–water partition coefficient (Wildman–Crippen LogP) is 2.37. The second-order valence-electron chi connectivity index (χ2n) is 4.62. The second-order valence-corrected chi connectivity index (χ2v) is 4.62. The number of ether oxygens (including phenoxy) is 1. The van der Waals surface area contributed by atoms with E-state index in [1.807, 2.05) is 19.9 Å². The van der Waals surface area contributed by atoms with Gasteiger partial charge in [0, 0.05) is 0 Å². The molecule has 0 bridgehead atoms. The molecule has 0 saturated heterocycles. The zero-order chi connectivity index (χ0) is 12.2. The average Bonchev–Trinajstić information content (AvgIpc) is 2.30. The molecule has 0 fully saturated rings. The lowest BCUT2D eigenvalue weighted by Gasteiger charge is -2.36. The van der Waals surface area contributed by atoms with Crippen LogP contribution in [-0.2, 0) is 9.53 Å². The van der Waals surface area contributed by atoms with Crippen molar-refractivity contribution in [2.75, 3.05) is 19.7 Å². The van der Waals surface area contributed by atoms with E-state index in [1.54, 1.807) is 0 Å². The first kappa shape index (κ1) is 13.2. The van der Waals surface area contributed by atoms with Crippen molar-refractivity contribution in [1.29, 1.82) is 0 Å². The van der Waals surface area contributed by atoms with Gasteiger partial charge in [0.25, 0.3) is 0 Å². The van der Waals surface area contributed by atoms with E-state index in [0.29, 0.717) is 12.4 Å². The minimum atomic E-state index is -0.466. The standard InChI is InChI=1S/C13H23NO2/c1-5-14(6-2)13(3,4)12(15)11-9-7-8-10-16-11/h9H,5-8,10H2,1-4H3. The number of Topliss-reactive ketones (excluding diaryl/α,β-unsaturated/α-hetero) is 1. The second kappa shape index (κ2) is 5.48. The fourth-order valence-corrected chi connectivity index (χ4v) is 2.18. The Bertz CT molecular complexity index is 278. The summed E-state index contributed by atoms with van der Waals surface area (Å²) in [5.41, 5.74) is -0.466. The lowest BCUT2D eigenvalue weighted by Crippen LogP contribution is -2.50. The summed E-state index contributed by atoms with van der Waals surface area (Å²) in [4.78, 5) is 14.5. The van der Waals surface area contributed by atoms with E-state index in [4.69, 9.17) is 4.74 Å². The Kier molecular flexibility index (Phi) is 4.54. The van der Waals surface area contributed by atoms with Gasteiger partial charge < -0.3 is 4.74 Å². The number of likely N-dealkylation sites (N-methyl/N-ethyl adjacent to an activating group) is 1. The van der Waals surface area contributed by atoms with Crippen molar-refractivity contribution in [3.63, 3.8) is 0 Å². The van der Waals surface area contributed by atoms with Gasteiger partial charge in [-0.25, -0.2) is 0 Å². The van der Waals surface area contributed by atoms with Gasteiger partial charge >= 0.3 is 0 Å². The molecule has 0 unspecified atom stereocenters. The van der Waals surface area contributed by atoms with E-state index in [1.165, 1.54) is 0 Å². The number of rotatable bonds is 5. The first-order chi connectivity index (χ1) is 7.54. The highest BCUT2D eigenvalue weighted by molar-refractivity contribution is 6.00. The largest absolute Gasteiger partial charge is 0.490 e. The van der Waals surface area contributed by atoms with Crippen LogP contribution in [0.2, 0.25) is 0 Å². The van der Waals surface area contributed by atoms with Gasteiger partial charge in [-0.2, -0.15) is 0 Å². The third-order valence-corrected chi connectivity index (χ3v) is 3.27. The van der Waals surface area contributed by atoms with Crippen molar-refractivity contribution in [3.8, 4) is 0 Å². The minimum absolute atomic E-state index is 0.107. The summed E-state index contributed by atoms with van der Waals surface area (Å²) in [5.74, 6) is 0.666. The Hall–Kier alpha value is -0.830. The van der Waals surface area contributed by atoms with Crippen LogP contribution >= 0.6 is 0 Å². The fraction of sp³-hybridized carbons (Fsp3) is 0.769. The summed E-state index contributed by atoms with van der Waals surface area (Å²) >= 11 is 0. The molecule has 0 spiro atoms. The van der Waals surface area contributed by atoms with Crippen LogP contribution in [0.3, 0.4) is 0 Å². The van der Waals surface area contributed by atoms with E-state index in [9.17, 15) is 4.79 Å². The predicted molar refractivity (Wildman–Crippen MR) is 65.3 cm³/mol. The number of hydrogen-bond donors (Lipinski definition) is 0. The smallest absolute Gasteiger partial charge is 0.216 e. The van der Waals surface area contributed by atoms with Gasteiger partial charge in [-0.15, -0.1) is 0 Å². The normalized spacial score (nSPS) is 16.9. The number of ketones is 1. The molecule has 1 aliphatic heterocycles. The zero-order valence-corrected chi connectivity index (χ0v) is 10.9. The van der Waals surface area contributed by atoms with E-state index >= 15 is 0 Å². The molecule has 0 atom stereocenters. The van der Waals surface area contributed by atoms with Crippen LogP contribution in [-0.4, -0.2) is 35.9 Å². The van der Waals surface area contributed by atoms with Crippen LogP contribution in [0.15, 0.2) is 11.8 Å². The lowest BCUT2D eigenvalue weighted by atomic mass is 9.94. The molecule has 1 aliphatic rings. The van der Waals surface area contributed by atoms with Crippen molar-refractivity contribution >= 4 is 5.78 Å². The van der Waals surface area contributed by atoms with Crippen LogP contribution in [0.5, 0.6) is 0 Å². The molecule has 3 heteroatoms. The van der Waals surface area contributed by atoms with Crippen LogP contribution in [0.25, 0.3) is 0 Å². The Balaban J connectivity index is 2.81. The van der Waals surface area contributed by atoms with Crippen LogP contribution in [0.4, 0.5) is 0 Å². The highest BCUT2D eigenvalue weighted by Crippen LogP contribution is 2.22. The van der Waals surface area contributed by atoms with Gasteiger partial charge in [0.1, 0.15) is 0 Å². The summed E-state index contributed by atoms with van der Waals surface area (Å²) in [6.45, 7) is 10.5. The first-order valence-electron chi connectivity index (χ1n) is 6.16. The maximum absolute atomic E-state index is 12.3. The Labute approximate surface area is 98.5 Å². The summed E-state index contributed by atoms with van der Waals surface area (Å²) in [6.07, 6.45) is 3.90. The van der Waals surface area contributed by atoms with Crippen LogP contribution < -0.4 is 0 Å². The molecule has 0 N–H and O–H groups in total. The Morgan fingerprint density at radius 2 is 2.06 bits per heavy atom. The fourth-order valence-electron chi connectivity index (χ4n) is 2.18. The van der Waals surface area contributed by atoms with Crippen molar-refractivity contribution in [2.45, 2.75) is 46.1 Å². The van der Waals surface area contributed by atoms with E-state index < -0.39 is 5.54 Å². The molecular formula is C13H23NO2. The van der Waals surface area contributed by atoms with E-state index in [-0.39, 0.29) is 5.78 Å². The van der Waals surface area contributed by atoms with Crippen LogP contribution in [0, 0.1) is 0 Å². The van der Waals surface area contributed by atoms with E-state index in [0.717, 1.165) is 25.9 Å². The van der Waals surface area contributed by atoms with Crippen molar-refractivity contribution in [1.82, 2.24) is 4.90 Å². The Morgan fingerprint density at radius 1 is 1.44 bits per heavy atom. The molecule has 92 valence electrons. The summed E-state index contributed by atoms with van der Waals surface area (Å²) in [5, 5.41) is 0.